The maximum absolute atomic E-state index is 12.0. The molecule has 1 aromatic carbocycles. The molecular weight excluding hydrogens is 260 g/mol. The van der Waals surface area contributed by atoms with Crippen LogP contribution >= 0.6 is 11.3 Å². The summed E-state index contributed by atoms with van der Waals surface area (Å²) in [5.41, 5.74) is 6.55. The highest BCUT2D eigenvalue weighted by molar-refractivity contribution is 7.21. The third-order valence-electron chi connectivity index (χ3n) is 2.78. The average Bonchev–Trinajstić information content (AvgIpc) is 2.75. The minimum atomic E-state index is -0.139. The molecule has 4 nitrogen and oxygen atoms in total. The van der Waals surface area contributed by atoms with Gasteiger partial charge in [-0.1, -0.05) is 6.08 Å². The van der Waals surface area contributed by atoms with Crippen LogP contribution in [0.4, 0.5) is 5.69 Å². The number of amides is 1. The molecule has 0 aliphatic heterocycles. The van der Waals surface area contributed by atoms with E-state index >= 15 is 0 Å². The smallest absolute Gasteiger partial charge is 0.263 e. The molecular formula is C14H16N2O2S. The van der Waals surface area contributed by atoms with Gasteiger partial charge in [0, 0.05) is 16.6 Å². The standard InChI is InChI=1S/C14H16N2O2S/c1-3-4-7-16-14(17)13-12(15)10-6-5-9(18-2)8-11(10)19-13/h3,5-6,8H,1,4,7,15H2,2H3,(H,16,17). The number of ether oxygens (including phenoxy) is 1. The zero-order valence-corrected chi connectivity index (χ0v) is 11.5. The number of nitrogens with one attached hydrogen (secondary N) is 1. The molecule has 3 N–H and O–H groups in total. The Hall–Kier alpha value is -2.01. The summed E-state index contributed by atoms with van der Waals surface area (Å²) in [6, 6.07) is 5.60. The van der Waals surface area contributed by atoms with E-state index in [-0.39, 0.29) is 5.91 Å². The largest absolute Gasteiger partial charge is 0.497 e. The average molecular weight is 276 g/mol. The third-order valence-corrected chi connectivity index (χ3v) is 3.94. The second-order valence-corrected chi connectivity index (χ2v) is 5.09. The Balaban J connectivity index is 2.30. The first-order valence-corrected chi connectivity index (χ1v) is 6.74. The zero-order valence-electron chi connectivity index (χ0n) is 10.7. The van der Waals surface area contributed by atoms with Gasteiger partial charge in [0.2, 0.25) is 0 Å². The number of carbonyl (C=O) groups is 1. The Kier molecular flexibility index (Phi) is 4.06. The lowest BCUT2D eigenvalue weighted by Gasteiger charge is -2.01. The Morgan fingerprint density at radius 1 is 1.58 bits per heavy atom. The van der Waals surface area contributed by atoms with Crippen molar-refractivity contribution in [3.63, 3.8) is 0 Å². The Bertz CT molecular complexity index is 619. The molecule has 0 saturated heterocycles. The van der Waals surface area contributed by atoms with Gasteiger partial charge in [0.05, 0.1) is 12.8 Å². The second kappa shape index (κ2) is 5.75. The second-order valence-electron chi connectivity index (χ2n) is 4.04. The molecule has 2 aromatic rings. The van der Waals surface area contributed by atoms with Crippen molar-refractivity contribution in [2.24, 2.45) is 0 Å². The van der Waals surface area contributed by atoms with Crippen molar-refractivity contribution in [1.82, 2.24) is 5.32 Å². The lowest BCUT2D eigenvalue weighted by Crippen LogP contribution is -2.23. The molecule has 0 atom stereocenters. The van der Waals surface area contributed by atoms with E-state index in [1.165, 1.54) is 11.3 Å². The molecule has 1 amide bonds. The van der Waals surface area contributed by atoms with Gasteiger partial charge in [0.25, 0.3) is 5.91 Å². The molecule has 0 aliphatic rings. The highest BCUT2D eigenvalue weighted by Gasteiger charge is 2.16. The molecule has 0 spiro atoms. The molecule has 0 radical (unpaired) electrons. The van der Waals surface area contributed by atoms with Gasteiger partial charge in [-0.3, -0.25) is 4.79 Å². The number of hydrogen-bond donors (Lipinski definition) is 2. The van der Waals surface area contributed by atoms with Gasteiger partial charge in [-0.05, 0) is 24.6 Å². The number of hydrogen-bond acceptors (Lipinski definition) is 4. The van der Waals surface area contributed by atoms with E-state index in [1.54, 1.807) is 13.2 Å². The van der Waals surface area contributed by atoms with Crippen LogP contribution in [0.5, 0.6) is 5.75 Å². The van der Waals surface area contributed by atoms with Crippen LogP contribution in [0.15, 0.2) is 30.9 Å². The van der Waals surface area contributed by atoms with Crippen LogP contribution in [-0.4, -0.2) is 19.6 Å². The molecule has 2 rings (SSSR count). The van der Waals surface area contributed by atoms with Gasteiger partial charge < -0.3 is 15.8 Å². The zero-order chi connectivity index (χ0) is 13.8. The van der Waals surface area contributed by atoms with Gasteiger partial charge in [-0.2, -0.15) is 0 Å². The van der Waals surface area contributed by atoms with Crippen molar-refractivity contribution in [3.8, 4) is 5.75 Å². The highest BCUT2D eigenvalue weighted by atomic mass is 32.1. The normalized spacial score (nSPS) is 10.4. The summed E-state index contributed by atoms with van der Waals surface area (Å²) in [6.45, 7) is 4.18. The van der Waals surface area contributed by atoms with Crippen LogP contribution in [0.2, 0.25) is 0 Å². The first-order chi connectivity index (χ1) is 9.17. The van der Waals surface area contributed by atoms with E-state index in [1.807, 2.05) is 18.2 Å². The van der Waals surface area contributed by atoms with Crippen LogP contribution in [0.1, 0.15) is 16.1 Å². The number of methoxy groups -OCH3 is 1. The van der Waals surface area contributed by atoms with Crippen LogP contribution in [0.3, 0.4) is 0 Å². The van der Waals surface area contributed by atoms with Gasteiger partial charge in [0.1, 0.15) is 10.6 Å². The number of benzene rings is 1. The summed E-state index contributed by atoms with van der Waals surface area (Å²) in [5.74, 6) is 0.617. The number of thiophene rings is 1. The SMILES string of the molecule is C=CCCNC(=O)c1sc2cc(OC)ccc2c1N. The number of anilines is 1. The summed E-state index contributed by atoms with van der Waals surface area (Å²) in [6.07, 6.45) is 2.50. The minimum Gasteiger partial charge on any atom is -0.497 e. The van der Waals surface area contributed by atoms with Crippen molar-refractivity contribution >= 4 is 33.0 Å². The molecule has 19 heavy (non-hydrogen) atoms. The molecule has 5 heteroatoms. The van der Waals surface area contributed by atoms with Gasteiger partial charge in [-0.15, -0.1) is 17.9 Å². The van der Waals surface area contributed by atoms with E-state index in [2.05, 4.69) is 11.9 Å². The fraction of sp³-hybridized carbons (Fsp3) is 0.214. The third kappa shape index (κ3) is 2.71. The minimum absolute atomic E-state index is 0.139. The predicted molar refractivity (Wildman–Crippen MR) is 79.9 cm³/mol. The van der Waals surface area contributed by atoms with E-state index in [9.17, 15) is 4.79 Å². The summed E-state index contributed by atoms with van der Waals surface area (Å²) in [4.78, 5) is 12.6. The molecule has 1 aromatic heterocycles. The lowest BCUT2D eigenvalue weighted by molar-refractivity contribution is 0.0959. The van der Waals surface area contributed by atoms with Crippen LogP contribution in [0.25, 0.3) is 10.1 Å². The highest BCUT2D eigenvalue weighted by Crippen LogP contribution is 2.35. The van der Waals surface area contributed by atoms with Crippen molar-refractivity contribution in [3.05, 3.63) is 35.7 Å². The van der Waals surface area contributed by atoms with Gasteiger partial charge in [0.15, 0.2) is 0 Å². The number of nitrogen functional groups attached to an aromatic ring is 1. The number of fused-ring (bicyclic) bond motifs is 1. The fourth-order valence-electron chi connectivity index (χ4n) is 1.76. The molecule has 100 valence electrons. The van der Waals surface area contributed by atoms with Crippen LogP contribution in [-0.2, 0) is 0 Å². The van der Waals surface area contributed by atoms with Crippen molar-refractivity contribution in [2.75, 3.05) is 19.4 Å². The van der Waals surface area contributed by atoms with E-state index < -0.39 is 0 Å². The summed E-state index contributed by atoms with van der Waals surface area (Å²) in [7, 11) is 1.61. The van der Waals surface area contributed by atoms with E-state index in [0.717, 1.165) is 22.3 Å². The summed E-state index contributed by atoms with van der Waals surface area (Å²) >= 11 is 1.38. The number of carbonyl (C=O) groups excluding carboxylic acids is 1. The maximum Gasteiger partial charge on any atom is 0.263 e. The number of nitrogens with two attached hydrogens (primary N) is 1. The van der Waals surface area contributed by atoms with E-state index in [0.29, 0.717) is 17.1 Å². The molecule has 0 fully saturated rings. The Morgan fingerprint density at radius 2 is 2.37 bits per heavy atom. The van der Waals surface area contributed by atoms with Crippen molar-refractivity contribution in [2.45, 2.75) is 6.42 Å². The maximum atomic E-state index is 12.0. The van der Waals surface area contributed by atoms with Gasteiger partial charge in [-0.25, -0.2) is 0 Å². The van der Waals surface area contributed by atoms with Crippen molar-refractivity contribution in [1.29, 1.82) is 0 Å². The first kappa shape index (κ1) is 13.4. The summed E-state index contributed by atoms with van der Waals surface area (Å²) < 4.78 is 6.12. The van der Waals surface area contributed by atoms with Crippen molar-refractivity contribution < 1.29 is 9.53 Å². The molecule has 1 heterocycles. The van der Waals surface area contributed by atoms with Gasteiger partial charge >= 0.3 is 0 Å². The monoisotopic (exact) mass is 276 g/mol. The molecule has 0 aliphatic carbocycles. The quantitative estimate of drug-likeness (QED) is 0.652. The Morgan fingerprint density at radius 3 is 3.05 bits per heavy atom. The summed E-state index contributed by atoms with van der Waals surface area (Å²) in [5, 5.41) is 3.71. The molecule has 0 saturated carbocycles. The topological polar surface area (TPSA) is 64.3 Å². The fourth-order valence-corrected chi connectivity index (χ4v) is 2.83. The predicted octanol–water partition coefficient (Wildman–Crippen LogP) is 2.80. The molecule has 0 unspecified atom stereocenters. The van der Waals surface area contributed by atoms with Crippen LogP contribution in [0, 0.1) is 0 Å². The molecule has 0 bridgehead atoms. The van der Waals surface area contributed by atoms with E-state index in [4.69, 9.17) is 10.5 Å². The number of rotatable bonds is 5. The lowest BCUT2D eigenvalue weighted by atomic mass is 10.2. The van der Waals surface area contributed by atoms with Crippen LogP contribution < -0.4 is 15.8 Å². The first-order valence-electron chi connectivity index (χ1n) is 5.92. The Labute approximate surface area is 115 Å².